The number of nitrogens with zero attached hydrogens (tertiary/aromatic N) is 2. The van der Waals surface area contributed by atoms with Gasteiger partial charge in [-0.05, 0) is 51.2 Å². The van der Waals surface area contributed by atoms with Crippen LogP contribution in [0, 0.1) is 12.8 Å². The second-order valence-electron chi connectivity index (χ2n) is 7.19. The summed E-state index contributed by atoms with van der Waals surface area (Å²) < 4.78 is 1.91. The number of nitrogens with one attached hydrogen (secondary N) is 2. The summed E-state index contributed by atoms with van der Waals surface area (Å²) in [6.07, 6.45) is 6.11. The number of hydrogen-bond acceptors (Lipinski definition) is 3. The molecule has 1 amide bonds. The molecule has 1 aromatic carbocycles. The molecule has 3 atom stereocenters. The third-order valence-electron chi connectivity index (χ3n) is 5.10. The molecule has 1 heterocycles. The van der Waals surface area contributed by atoms with E-state index in [4.69, 9.17) is 0 Å². The van der Waals surface area contributed by atoms with Gasteiger partial charge >= 0.3 is 0 Å². The van der Waals surface area contributed by atoms with Crippen LogP contribution in [0.5, 0.6) is 0 Å². The summed E-state index contributed by atoms with van der Waals surface area (Å²) in [6, 6.07) is 10.9. The van der Waals surface area contributed by atoms with E-state index in [-0.39, 0.29) is 24.0 Å². The van der Waals surface area contributed by atoms with Gasteiger partial charge in [0.05, 0.1) is 18.6 Å². The van der Waals surface area contributed by atoms with E-state index in [0.29, 0.717) is 12.5 Å². The van der Waals surface area contributed by atoms with Crippen LogP contribution in [0.3, 0.4) is 0 Å². The van der Waals surface area contributed by atoms with E-state index >= 15 is 0 Å². The Morgan fingerprint density at radius 3 is 2.60 bits per heavy atom. The Hall–Kier alpha value is -2.14. The van der Waals surface area contributed by atoms with Crippen LogP contribution < -0.4 is 10.6 Å². The second-order valence-corrected chi connectivity index (χ2v) is 7.19. The Morgan fingerprint density at radius 1 is 1.28 bits per heavy atom. The largest absolute Gasteiger partial charge is 0.348 e. The van der Waals surface area contributed by atoms with Crippen LogP contribution in [0.4, 0.5) is 0 Å². The highest BCUT2D eigenvalue weighted by atomic mass is 16.2. The van der Waals surface area contributed by atoms with Crippen LogP contribution in [-0.4, -0.2) is 28.3 Å². The molecule has 5 heteroatoms. The highest BCUT2D eigenvalue weighted by molar-refractivity contribution is 5.78. The van der Waals surface area contributed by atoms with Gasteiger partial charge in [-0.1, -0.05) is 29.8 Å². The number of carbonyl (C=O) groups is 1. The fourth-order valence-electron chi connectivity index (χ4n) is 3.08. The molecule has 2 aromatic rings. The summed E-state index contributed by atoms with van der Waals surface area (Å²) in [5, 5.41) is 10.8. The van der Waals surface area contributed by atoms with Gasteiger partial charge in [0.2, 0.25) is 5.91 Å². The zero-order valence-electron chi connectivity index (χ0n) is 15.3. The number of benzene rings is 1. The monoisotopic (exact) mass is 340 g/mol. The number of amides is 1. The average Bonchev–Trinajstić information content (AvgIpc) is 3.31. The fourth-order valence-corrected chi connectivity index (χ4v) is 3.08. The normalized spacial score (nSPS) is 17.7. The Morgan fingerprint density at radius 2 is 2.00 bits per heavy atom. The maximum atomic E-state index is 12.4. The van der Waals surface area contributed by atoms with Gasteiger partial charge in [-0.25, -0.2) is 0 Å². The van der Waals surface area contributed by atoms with Gasteiger partial charge < -0.3 is 10.6 Å². The van der Waals surface area contributed by atoms with Gasteiger partial charge in [0.15, 0.2) is 0 Å². The highest BCUT2D eigenvalue weighted by Gasteiger charge is 2.33. The second kappa shape index (κ2) is 7.83. The molecular weight excluding hydrogens is 312 g/mol. The number of rotatable bonds is 8. The van der Waals surface area contributed by atoms with Crippen molar-refractivity contribution in [3.8, 4) is 0 Å². The molecule has 0 bridgehead atoms. The van der Waals surface area contributed by atoms with E-state index in [1.165, 1.54) is 24.0 Å². The third kappa shape index (κ3) is 4.69. The van der Waals surface area contributed by atoms with Crippen molar-refractivity contribution in [1.82, 2.24) is 20.4 Å². The SMILES string of the molecule is Cc1ccc([C@H](NC(=O)CN[C@@H](C)[C@@H](C)n2cccn2)C2CC2)cc1. The van der Waals surface area contributed by atoms with Crippen molar-refractivity contribution in [3.63, 3.8) is 0 Å². The van der Waals surface area contributed by atoms with Crippen LogP contribution in [0.2, 0.25) is 0 Å². The minimum absolute atomic E-state index is 0.0528. The molecule has 0 unspecified atom stereocenters. The summed E-state index contributed by atoms with van der Waals surface area (Å²) in [4.78, 5) is 12.4. The molecule has 0 radical (unpaired) electrons. The first-order chi connectivity index (χ1) is 12.0. The van der Waals surface area contributed by atoms with Crippen LogP contribution in [0.15, 0.2) is 42.7 Å². The molecule has 0 saturated heterocycles. The molecule has 5 nitrogen and oxygen atoms in total. The summed E-state index contributed by atoms with van der Waals surface area (Å²) in [6.45, 7) is 6.59. The van der Waals surface area contributed by atoms with Crippen molar-refractivity contribution in [2.24, 2.45) is 5.92 Å². The summed E-state index contributed by atoms with van der Waals surface area (Å²) in [5.74, 6) is 0.629. The van der Waals surface area contributed by atoms with E-state index in [1.807, 2.05) is 16.9 Å². The van der Waals surface area contributed by atoms with Gasteiger partial charge in [0.25, 0.3) is 0 Å². The molecule has 1 fully saturated rings. The van der Waals surface area contributed by atoms with E-state index in [2.05, 4.69) is 60.8 Å². The van der Waals surface area contributed by atoms with Crippen LogP contribution in [0.1, 0.15) is 49.9 Å². The van der Waals surface area contributed by atoms with Gasteiger partial charge in [0.1, 0.15) is 0 Å². The molecular formula is C20H28N4O. The van der Waals surface area contributed by atoms with Crippen molar-refractivity contribution < 1.29 is 4.79 Å². The Balaban J connectivity index is 1.53. The van der Waals surface area contributed by atoms with E-state index < -0.39 is 0 Å². The molecule has 1 aliphatic carbocycles. The van der Waals surface area contributed by atoms with Crippen LogP contribution in [-0.2, 0) is 4.79 Å². The van der Waals surface area contributed by atoms with Gasteiger partial charge in [0, 0.05) is 18.4 Å². The van der Waals surface area contributed by atoms with Crippen LogP contribution >= 0.6 is 0 Å². The lowest BCUT2D eigenvalue weighted by molar-refractivity contribution is -0.121. The first-order valence-electron chi connectivity index (χ1n) is 9.13. The molecule has 2 N–H and O–H groups in total. The number of carbonyl (C=O) groups excluding carboxylic acids is 1. The molecule has 1 aromatic heterocycles. The van der Waals surface area contributed by atoms with Gasteiger partial charge in [-0.2, -0.15) is 5.10 Å². The Kier molecular flexibility index (Phi) is 5.53. The minimum atomic E-state index is 0.0528. The lowest BCUT2D eigenvalue weighted by atomic mass is 10.0. The zero-order valence-corrected chi connectivity index (χ0v) is 15.3. The average molecular weight is 340 g/mol. The van der Waals surface area contributed by atoms with Crippen molar-refractivity contribution in [3.05, 3.63) is 53.9 Å². The summed E-state index contributed by atoms with van der Waals surface area (Å²) >= 11 is 0. The first kappa shape index (κ1) is 17.7. The molecule has 1 saturated carbocycles. The highest BCUT2D eigenvalue weighted by Crippen LogP contribution is 2.40. The Bertz CT molecular complexity index is 676. The van der Waals surface area contributed by atoms with E-state index in [9.17, 15) is 4.79 Å². The Labute approximate surface area is 149 Å². The lowest BCUT2D eigenvalue weighted by Crippen LogP contribution is -2.42. The molecule has 0 spiro atoms. The maximum Gasteiger partial charge on any atom is 0.234 e. The summed E-state index contributed by atoms with van der Waals surface area (Å²) in [5.41, 5.74) is 2.45. The zero-order chi connectivity index (χ0) is 17.8. The minimum Gasteiger partial charge on any atom is -0.348 e. The third-order valence-corrected chi connectivity index (χ3v) is 5.10. The predicted octanol–water partition coefficient (Wildman–Crippen LogP) is 3.00. The van der Waals surface area contributed by atoms with Crippen LogP contribution in [0.25, 0.3) is 0 Å². The molecule has 1 aliphatic rings. The molecule has 3 rings (SSSR count). The van der Waals surface area contributed by atoms with Crippen molar-refractivity contribution >= 4 is 5.91 Å². The van der Waals surface area contributed by atoms with Gasteiger partial charge in [-0.15, -0.1) is 0 Å². The fraction of sp³-hybridized carbons (Fsp3) is 0.500. The lowest BCUT2D eigenvalue weighted by Gasteiger charge is -2.23. The first-order valence-corrected chi connectivity index (χ1v) is 9.13. The predicted molar refractivity (Wildman–Crippen MR) is 99.2 cm³/mol. The number of hydrogen-bond donors (Lipinski definition) is 2. The van der Waals surface area contributed by atoms with Gasteiger partial charge in [-0.3, -0.25) is 9.48 Å². The standard InChI is InChI=1S/C20H28N4O/c1-14-5-7-17(8-6-14)20(18-9-10-18)23-19(25)13-21-15(2)16(3)24-12-4-11-22-24/h4-8,11-12,15-16,18,20-21H,9-10,13H2,1-3H3,(H,23,25)/t15-,16+,20-/m0/s1. The smallest absolute Gasteiger partial charge is 0.234 e. The van der Waals surface area contributed by atoms with E-state index in [1.54, 1.807) is 6.20 Å². The van der Waals surface area contributed by atoms with Crippen molar-refractivity contribution in [2.75, 3.05) is 6.54 Å². The summed E-state index contributed by atoms with van der Waals surface area (Å²) in [7, 11) is 0. The maximum absolute atomic E-state index is 12.4. The van der Waals surface area contributed by atoms with Crippen molar-refractivity contribution in [1.29, 1.82) is 0 Å². The molecule has 25 heavy (non-hydrogen) atoms. The number of aromatic nitrogens is 2. The topological polar surface area (TPSA) is 59.0 Å². The van der Waals surface area contributed by atoms with E-state index in [0.717, 1.165) is 0 Å². The molecule has 134 valence electrons. The number of aryl methyl sites for hydroxylation is 1. The quantitative estimate of drug-likeness (QED) is 0.777. The molecule has 0 aliphatic heterocycles. The van der Waals surface area contributed by atoms with Crippen molar-refractivity contribution in [2.45, 2.75) is 51.7 Å².